The van der Waals surface area contributed by atoms with Gasteiger partial charge < -0.3 is 4.74 Å². The lowest BCUT2D eigenvalue weighted by Gasteiger charge is -2.70. The van der Waals surface area contributed by atoms with Crippen LogP contribution in [0.2, 0.25) is 0 Å². The van der Waals surface area contributed by atoms with Crippen LogP contribution in [0.15, 0.2) is 18.6 Å². The van der Waals surface area contributed by atoms with Crippen LogP contribution in [0.25, 0.3) is 11.2 Å². The molecule has 4 heterocycles. The van der Waals surface area contributed by atoms with Gasteiger partial charge in [0.25, 0.3) is 0 Å². The Morgan fingerprint density at radius 2 is 1.83 bits per heavy atom. The SMILES string of the molecule is Cc1cnc2c(C34CC(C(F)(F)F)(C3)C4)nc([C@@H]3C[C@H](C)O[C@@H](c4cnn(C5CC5)c4)C3)nc2n1. The highest BCUT2D eigenvalue weighted by molar-refractivity contribution is 5.75. The number of halogens is 3. The summed E-state index contributed by atoms with van der Waals surface area (Å²) in [5, 5.41) is 4.52. The summed E-state index contributed by atoms with van der Waals surface area (Å²) in [5.74, 6) is 0.662. The Morgan fingerprint density at radius 1 is 1.06 bits per heavy atom. The first kappa shape index (κ1) is 21.6. The van der Waals surface area contributed by atoms with Crippen molar-refractivity contribution in [1.82, 2.24) is 29.7 Å². The van der Waals surface area contributed by atoms with Crippen molar-refractivity contribution in [1.29, 1.82) is 0 Å². The van der Waals surface area contributed by atoms with Crippen LogP contribution in [-0.2, 0) is 10.2 Å². The molecule has 5 fully saturated rings. The molecule has 35 heavy (non-hydrogen) atoms. The number of fused-ring (bicyclic) bond motifs is 1. The standard InChI is InChI=1S/C25H27F3N6O/c1-13-7-29-19-20(23-10-24(11-23,12-23)25(26,27)28)32-21(33-22(19)31-13)15-5-14(2)35-18(6-15)16-8-30-34(9-16)17-3-4-17/h7-9,14-15,17-18H,3-6,10-12H2,1-2H3/t14-,15+,18+,23?,24?/m0/s1. The van der Waals surface area contributed by atoms with Gasteiger partial charge in [-0.2, -0.15) is 18.3 Å². The Hall–Kier alpha value is -2.62. The molecule has 3 aromatic rings. The topological polar surface area (TPSA) is 78.6 Å². The Bertz CT molecular complexity index is 1310. The van der Waals surface area contributed by atoms with E-state index in [1.54, 1.807) is 6.20 Å². The van der Waals surface area contributed by atoms with Gasteiger partial charge in [0.1, 0.15) is 11.3 Å². The van der Waals surface area contributed by atoms with E-state index in [0.29, 0.717) is 35.1 Å². The van der Waals surface area contributed by atoms with Crippen LogP contribution in [0.5, 0.6) is 0 Å². The molecule has 10 heteroatoms. The number of alkyl halides is 3. The molecule has 0 aromatic carbocycles. The molecule has 0 N–H and O–H groups in total. The zero-order chi connectivity index (χ0) is 24.2. The van der Waals surface area contributed by atoms with Gasteiger partial charge in [-0.05, 0) is 58.8 Å². The quantitative estimate of drug-likeness (QED) is 0.502. The summed E-state index contributed by atoms with van der Waals surface area (Å²) in [6.07, 6.45) is 5.34. The molecular formula is C25H27F3N6O. The van der Waals surface area contributed by atoms with Crippen molar-refractivity contribution < 1.29 is 17.9 Å². The number of nitrogens with zero attached hydrogens (tertiary/aromatic N) is 6. The second-order valence-electron chi connectivity index (χ2n) is 11.3. The lowest BCUT2D eigenvalue weighted by molar-refractivity contribution is -0.337. The van der Waals surface area contributed by atoms with Gasteiger partial charge in [0.15, 0.2) is 5.65 Å². The van der Waals surface area contributed by atoms with Gasteiger partial charge in [-0.25, -0.2) is 19.9 Å². The molecule has 5 aliphatic rings. The summed E-state index contributed by atoms with van der Waals surface area (Å²) >= 11 is 0. The minimum Gasteiger partial charge on any atom is -0.370 e. The monoisotopic (exact) mass is 484 g/mol. The highest BCUT2D eigenvalue weighted by Crippen LogP contribution is 2.78. The second-order valence-corrected chi connectivity index (χ2v) is 11.3. The third-order valence-corrected chi connectivity index (χ3v) is 8.47. The Labute approximate surface area is 200 Å². The first-order valence-electron chi connectivity index (χ1n) is 12.4. The number of aryl methyl sites for hydroxylation is 1. The van der Waals surface area contributed by atoms with E-state index < -0.39 is 17.0 Å². The third kappa shape index (κ3) is 3.24. The van der Waals surface area contributed by atoms with Crippen LogP contribution in [0.4, 0.5) is 13.2 Å². The molecule has 7 nitrogen and oxygen atoms in total. The molecule has 0 spiro atoms. The average Bonchev–Trinajstić information content (AvgIpc) is 3.46. The van der Waals surface area contributed by atoms with Gasteiger partial charge in [-0.15, -0.1) is 0 Å². The van der Waals surface area contributed by atoms with E-state index >= 15 is 0 Å². The van der Waals surface area contributed by atoms with Crippen LogP contribution in [-0.4, -0.2) is 42.0 Å². The Balaban J connectivity index is 1.24. The molecule has 3 aromatic heterocycles. The highest BCUT2D eigenvalue weighted by Gasteiger charge is 2.79. The van der Waals surface area contributed by atoms with Crippen molar-refractivity contribution >= 4 is 11.2 Å². The normalized spacial score (nSPS) is 34.5. The first-order chi connectivity index (χ1) is 16.6. The fourth-order valence-corrected chi connectivity index (χ4v) is 6.53. The van der Waals surface area contributed by atoms with Crippen molar-refractivity contribution in [3.05, 3.63) is 41.4 Å². The zero-order valence-electron chi connectivity index (χ0n) is 19.7. The predicted molar refractivity (Wildman–Crippen MR) is 120 cm³/mol. The number of aromatic nitrogens is 6. The lowest BCUT2D eigenvalue weighted by atomic mass is 9.34. The number of hydrogen-bond acceptors (Lipinski definition) is 6. The summed E-state index contributed by atoms with van der Waals surface area (Å²) in [4.78, 5) is 18.9. The summed E-state index contributed by atoms with van der Waals surface area (Å²) < 4.78 is 49.0. The highest BCUT2D eigenvalue weighted by atomic mass is 19.4. The maximum atomic E-state index is 13.6. The summed E-state index contributed by atoms with van der Waals surface area (Å²) in [5.41, 5.74) is 1.32. The van der Waals surface area contributed by atoms with Gasteiger partial charge in [0.2, 0.25) is 0 Å². The van der Waals surface area contributed by atoms with E-state index in [9.17, 15) is 13.2 Å². The van der Waals surface area contributed by atoms with E-state index in [1.807, 2.05) is 24.7 Å². The van der Waals surface area contributed by atoms with Crippen LogP contribution in [0.1, 0.15) is 92.7 Å². The molecule has 0 radical (unpaired) electrons. The zero-order valence-corrected chi connectivity index (χ0v) is 19.7. The van der Waals surface area contributed by atoms with Gasteiger partial charge in [0.05, 0.1) is 41.2 Å². The second kappa shape index (κ2) is 6.99. The van der Waals surface area contributed by atoms with Crippen molar-refractivity contribution in [3.8, 4) is 0 Å². The van der Waals surface area contributed by atoms with Crippen molar-refractivity contribution in [2.24, 2.45) is 5.41 Å². The molecule has 1 saturated heterocycles. The summed E-state index contributed by atoms with van der Waals surface area (Å²) in [6, 6.07) is 0.502. The molecule has 4 aliphatic carbocycles. The molecule has 4 saturated carbocycles. The van der Waals surface area contributed by atoms with Gasteiger partial charge >= 0.3 is 6.18 Å². The largest absolute Gasteiger partial charge is 0.394 e. The van der Waals surface area contributed by atoms with E-state index in [1.165, 1.54) is 0 Å². The van der Waals surface area contributed by atoms with Crippen LogP contribution >= 0.6 is 0 Å². The molecule has 0 amide bonds. The molecule has 8 rings (SSSR count). The molecule has 0 unspecified atom stereocenters. The van der Waals surface area contributed by atoms with Gasteiger partial charge in [-0.3, -0.25) is 4.68 Å². The Kier molecular flexibility index (Phi) is 4.32. The van der Waals surface area contributed by atoms with Crippen molar-refractivity contribution in [2.75, 3.05) is 0 Å². The molecular weight excluding hydrogens is 457 g/mol. The smallest absolute Gasteiger partial charge is 0.370 e. The summed E-state index contributed by atoms with van der Waals surface area (Å²) in [7, 11) is 0. The lowest BCUT2D eigenvalue weighted by Crippen LogP contribution is -2.70. The van der Waals surface area contributed by atoms with Gasteiger partial charge in [0, 0.05) is 29.3 Å². The molecule has 184 valence electrons. The third-order valence-electron chi connectivity index (χ3n) is 8.47. The number of hydrogen-bond donors (Lipinski definition) is 0. The molecule has 1 aliphatic heterocycles. The molecule has 2 bridgehead atoms. The van der Waals surface area contributed by atoms with Gasteiger partial charge in [-0.1, -0.05) is 0 Å². The average molecular weight is 485 g/mol. The summed E-state index contributed by atoms with van der Waals surface area (Å²) in [6.45, 7) is 3.89. The minimum atomic E-state index is -4.17. The first-order valence-corrected chi connectivity index (χ1v) is 12.4. The Morgan fingerprint density at radius 3 is 2.54 bits per heavy atom. The van der Waals surface area contributed by atoms with Crippen molar-refractivity contribution in [3.63, 3.8) is 0 Å². The van der Waals surface area contributed by atoms with Crippen LogP contribution < -0.4 is 0 Å². The van der Waals surface area contributed by atoms with E-state index in [4.69, 9.17) is 14.7 Å². The number of ether oxygens (including phenoxy) is 1. The predicted octanol–water partition coefficient (Wildman–Crippen LogP) is 5.27. The fraction of sp³-hybridized carbons (Fsp3) is 0.640. The maximum absolute atomic E-state index is 13.6. The maximum Gasteiger partial charge on any atom is 0.394 e. The molecule has 3 atom stereocenters. The number of rotatable bonds is 4. The van der Waals surface area contributed by atoms with Crippen LogP contribution in [0.3, 0.4) is 0 Å². The minimum absolute atomic E-state index is 0.00202. The van der Waals surface area contributed by atoms with E-state index in [-0.39, 0.29) is 37.4 Å². The van der Waals surface area contributed by atoms with E-state index in [0.717, 1.165) is 30.5 Å². The van der Waals surface area contributed by atoms with Crippen molar-refractivity contribution in [2.45, 2.75) is 94.6 Å². The van der Waals surface area contributed by atoms with Crippen LogP contribution in [0, 0.1) is 12.3 Å². The van der Waals surface area contributed by atoms with E-state index in [2.05, 4.69) is 21.3 Å². The fourth-order valence-electron chi connectivity index (χ4n) is 6.53.